The molecule has 0 bridgehead atoms. The summed E-state index contributed by atoms with van der Waals surface area (Å²) in [5, 5.41) is 13.6. The molecular weight excluding hydrogens is 218 g/mol. The smallest absolute Gasteiger partial charge is 0.326 e. The van der Waals surface area contributed by atoms with E-state index in [1.54, 1.807) is 0 Å². The zero-order chi connectivity index (χ0) is 11.7. The van der Waals surface area contributed by atoms with Gasteiger partial charge in [0.1, 0.15) is 6.04 Å². The second-order valence-electron chi connectivity index (χ2n) is 2.86. The predicted molar refractivity (Wildman–Crippen MR) is 60.0 cm³/mol. The Hall–Kier alpha value is -0.950. The lowest BCUT2D eigenvalue weighted by molar-refractivity contribution is -0.139. The maximum Gasteiger partial charge on any atom is 0.326 e. The fraction of sp³-hybridized carbons (Fsp3) is 0.750. The third-order valence-corrected chi connectivity index (χ3v) is 2.29. The molecule has 5 N–H and O–H groups in total. The number of rotatable bonds is 7. The lowest BCUT2D eigenvalue weighted by atomic mass is 10.2. The minimum Gasteiger partial charge on any atom is -0.480 e. The molecule has 0 saturated carbocycles. The molecule has 0 saturated heterocycles. The van der Waals surface area contributed by atoms with Gasteiger partial charge in [-0.25, -0.2) is 9.59 Å². The van der Waals surface area contributed by atoms with E-state index in [1.807, 2.05) is 6.26 Å². The van der Waals surface area contributed by atoms with Gasteiger partial charge in [0, 0.05) is 13.1 Å². The molecule has 0 heterocycles. The minimum absolute atomic E-state index is 0.329. The molecular formula is C8H17N3O3S. The number of nitrogens with two attached hydrogens (primary N) is 1. The highest BCUT2D eigenvalue weighted by Gasteiger charge is 2.18. The van der Waals surface area contributed by atoms with Crippen LogP contribution in [0.2, 0.25) is 0 Å². The number of carboxylic acids is 1. The molecule has 0 radical (unpaired) electrons. The molecule has 88 valence electrons. The first-order chi connectivity index (χ1) is 7.11. The minimum atomic E-state index is -1.02. The van der Waals surface area contributed by atoms with Gasteiger partial charge in [0.15, 0.2) is 0 Å². The molecule has 15 heavy (non-hydrogen) atoms. The third-order valence-electron chi connectivity index (χ3n) is 1.64. The van der Waals surface area contributed by atoms with E-state index in [-0.39, 0.29) is 0 Å². The number of urea groups is 1. The van der Waals surface area contributed by atoms with Crippen LogP contribution in [0.4, 0.5) is 4.79 Å². The number of thioether (sulfide) groups is 1. The highest BCUT2D eigenvalue weighted by Crippen LogP contribution is 2.00. The van der Waals surface area contributed by atoms with Crippen molar-refractivity contribution in [2.45, 2.75) is 12.5 Å². The number of amides is 2. The predicted octanol–water partition coefficient (Wildman–Crippen LogP) is -0.549. The van der Waals surface area contributed by atoms with Crippen LogP contribution >= 0.6 is 11.8 Å². The monoisotopic (exact) mass is 235 g/mol. The Bertz CT molecular complexity index is 213. The Morgan fingerprint density at radius 1 is 1.53 bits per heavy atom. The van der Waals surface area contributed by atoms with Crippen molar-refractivity contribution in [2.75, 3.05) is 25.1 Å². The molecule has 7 heteroatoms. The van der Waals surface area contributed by atoms with Crippen LogP contribution in [-0.2, 0) is 4.79 Å². The molecule has 0 aliphatic carbocycles. The van der Waals surface area contributed by atoms with Gasteiger partial charge in [0.05, 0.1) is 0 Å². The average Bonchev–Trinajstić information content (AvgIpc) is 2.20. The van der Waals surface area contributed by atoms with Gasteiger partial charge in [-0.1, -0.05) is 0 Å². The van der Waals surface area contributed by atoms with Crippen molar-refractivity contribution < 1.29 is 14.7 Å². The van der Waals surface area contributed by atoms with E-state index in [2.05, 4.69) is 10.6 Å². The summed E-state index contributed by atoms with van der Waals surface area (Å²) < 4.78 is 0. The van der Waals surface area contributed by atoms with E-state index < -0.39 is 18.0 Å². The standard InChI is InChI=1S/C8H17N3O3S/c1-15-5-2-6(7(12)13)11-8(14)10-4-3-9/h6H,2-5,9H2,1H3,(H,12,13)(H2,10,11,14)/t6-/m1/s1. The van der Waals surface area contributed by atoms with E-state index >= 15 is 0 Å². The summed E-state index contributed by atoms with van der Waals surface area (Å²) in [5.41, 5.74) is 5.19. The zero-order valence-corrected chi connectivity index (χ0v) is 9.47. The zero-order valence-electron chi connectivity index (χ0n) is 8.66. The number of aliphatic carboxylic acids is 1. The van der Waals surface area contributed by atoms with E-state index in [0.717, 1.165) is 0 Å². The summed E-state index contributed by atoms with van der Waals surface area (Å²) in [5.74, 6) is -0.333. The maximum atomic E-state index is 11.1. The molecule has 0 unspecified atom stereocenters. The number of carbonyl (C=O) groups excluding carboxylic acids is 1. The van der Waals surface area contributed by atoms with Crippen molar-refractivity contribution in [1.82, 2.24) is 10.6 Å². The van der Waals surface area contributed by atoms with Gasteiger partial charge < -0.3 is 21.5 Å². The van der Waals surface area contributed by atoms with E-state index in [9.17, 15) is 9.59 Å². The summed E-state index contributed by atoms with van der Waals surface area (Å²) in [6, 6.07) is -1.33. The summed E-state index contributed by atoms with van der Waals surface area (Å²) in [6.07, 6.45) is 2.29. The lowest BCUT2D eigenvalue weighted by Gasteiger charge is -2.14. The highest BCUT2D eigenvalue weighted by atomic mass is 32.2. The Morgan fingerprint density at radius 2 is 2.20 bits per heavy atom. The maximum absolute atomic E-state index is 11.1. The van der Waals surface area contributed by atoms with Crippen molar-refractivity contribution >= 4 is 23.8 Å². The first-order valence-corrected chi connectivity index (χ1v) is 5.97. The first-order valence-electron chi connectivity index (χ1n) is 4.58. The van der Waals surface area contributed by atoms with Gasteiger partial charge >= 0.3 is 12.0 Å². The van der Waals surface area contributed by atoms with Gasteiger partial charge in [-0.05, 0) is 18.4 Å². The number of hydrogen-bond acceptors (Lipinski definition) is 4. The summed E-state index contributed by atoms with van der Waals surface area (Å²) in [4.78, 5) is 21.9. The Labute approximate surface area is 93.0 Å². The van der Waals surface area contributed by atoms with Gasteiger partial charge in [0.2, 0.25) is 0 Å². The van der Waals surface area contributed by atoms with Gasteiger partial charge in [-0.15, -0.1) is 0 Å². The molecule has 0 spiro atoms. The van der Waals surface area contributed by atoms with Gasteiger partial charge in [-0.3, -0.25) is 0 Å². The third kappa shape index (κ3) is 7.03. The fourth-order valence-corrected chi connectivity index (χ4v) is 1.36. The molecule has 0 fully saturated rings. The number of carboxylic acid groups (broad SMARTS) is 1. The number of carbonyl (C=O) groups is 2. The SMILES string of the molecule is CSCC[C@@H](NC(=O)NCCN)C(=O)O. The van der Waals surface area contributed by atoms with Crippen molar-refractivity contribution in [3.8, 4) is 0 Å². The lowest BCUT2D eigenvalue weighted by Crippen LogP contribution is -2.47. The van der Waals surface area contributed by atoms with Crippen LogP contribution < -0.4 is 16.4 Å². The topological polar surface area (TPSA) is 104 Å². The quantitative estimate of drug-likeness (QED) is 0.474. The molecule has 6 nitrogen and oxygen atoms in total. The fourth-order valence-electron chi connectivity index (χ4n) is 0.888. The van der Waals surface area contributed by atoms with Crippen molar-refractivity contribution in [3.63, 3.8) is 0 Å². The summed E-state index contributed by atoms with van der Waals surface area (Å²) in [6.45, 7) is 0.663. The second kappa shape index (κ2) is 8.37. The molecule has 0 rings (SSSR count). The molecule has 0 aliphatic rings. The molecule has 0 aromatic carbocycles. The van der Waals surface area contributed by atoms with E-state index in [1.165, 1.54) is 11.8 Å². The Kier molecular flexibility index (Phi) is 7.84. The van der Waals surface area contributed by atoms with Gasteiger partial charge in [-0.2, -0.15) is 11.8 Å². The largest absolute Gasteiger partial charge is 0.480 e. The van der Waals surface area contributed by atoms with Crippen LogP contribution in [0.5, 0.6) is 0 Å². The number of nitrogens with one attached hydrogen (secondary N) is 2. The van der Waals surface area contributed by atoms with Crippen LogP contribution in [0, 0.1) is 0 Å². The van der Waals surface area contributed by atoms with Crippen LogP contribution in [0.1, 0.15) is 6.42 Å². The van der Waals surface area contributed by atoms with E-state index in [0.29, 0.717) is 25.3 Å². The average molecular weight is 235 g/mol. The van der Waals surface area contributed by atoms with Crippen LogP contribution in [-0.4, -0.2) is 48.2 Å². The molecule has 0 aromatic heterocycles. The van der Waals surface area contributed by atoms with Crippen molar-refractivity contribution in [1.29, 1.82) is 0 Å². The van der Waals surface area contributed by atoms with Crippen LogP contribution in [0.15, 0.2) is 0 Å². The number of hydrogen-bond donors (Lipinski definition) is 4. The van der Waals surface area contributed by atoms with Crippen LogP contribution in [0.3, 0.4) is 0 Å². The Balaban J connectivity index is 3.93. The first kappa shape index (κ1) is 14.1. The normalized spacial score (nSPS) is 11.9. The summed E-state index contributed by atoms with van der Waals surface area (Å²) >= 11 is 1.54. The molecule has 2 amide bonds. The van der Waals surface area contributed by atoms with E-state index in [4.69, 9.17) is 10.8 Å². The molecule has 0 aliphatic heterocycles. The highest BCUT2D eigenvalue weighted by molar-refractivity contribution is 7.98. The summed E-state index contributed by atoms with van der Waals surface area (Å²) in [7, 11) is 0. The Morgan fingerprint density at radius 3 is 2.67 bits per heavy atom. The van der Waals surface area contributed by atoms with Crippen molar-refractivity contribution in [3.05, 3.63) is 0 Å². The van der Waals surface area contributed by atoms with Crippen LogP contribution in [0.25, 0.3) is 0 Å². The van der Waals surface area contributed by atoms with Crippen molar-refractivity contribution in [2.24, 2.45) is 5.73 Å². The molecule has 1 atom stereocenters. The van der Waals surface area contributed by atoms with Gasteiger partial charge in [0.25, 0.3) is 0 Å². The molecule has 0 aromatic rings. The second-order valence-corrected chi connectivity index (χ2v) is 3.85.